The van der Waals surface area contributed by atoms with Crippen LogP contribution in [0.25, 0.3) is 0 Å². The van der Waals surface area contributed by atoms with Crippen LogP contribution in [0.3, 0.4) is 0 Å². The van der Waals surface area contributed by atoms with E-state index in [2.05, 4.69) is 55.0 Å². The third-order valence-corrected chi connectivity index (χ3v) is 7.74. The standard InChI is InChI=1S/C27H34N4O4S2/c1-8-14-31-23(17(3)35-19-12-10-18(11-13-19)27(4,5)6)29-30-26(31)36-16-22(32)28-24-21(25(33)34-7)15-20(9-2)37-24/h8,10-13,15,17H,1,9,14,16H2,2-7H3,(H,28,32). The van der Waals surface area contributed by atoms with Crippen LogP contribution in [0.2, 0.25) is 0 Å². The van der Waals surface area contributed by atoms with Gasteiger partial charge in [0.25, 0.3) is 0 Å². The van der Waals surface area contributed by atoms with Crippen molar-refractivity contribution in [3.05, 3.63) is 64.8 Å². The molecule has 0 bridgehead atoms. The van der Waals surface area contributed by atoms with Crippen molar-refractivity contribution in [2.45, 2.75) is 64.3 Å². The molecule has 0 saturated carbocycles. The molecule has 0 aliphatic rings. The molecule has 0 radical (unpaired) electrons. The van der Waals surface area contributed by atoms with Gasteiger partial charge in [0, 0.05) is 11.4 Å². The highest BCUT2D eigenvalue weighted by Crippen LogP contribution is 2.31. The summed E-state index contributed by atoms with van der Waals surface area (Å²) in [5.74, 6) is 0.750. The molecule has 8 nitrogen and oxygen atoms in total. The van der Waals surface area contributed by atoms with Gasteiger partial charge < -0.3 is 14.8 Å². The largest absolute Gasteiger partial charge is 0.483 e. The van der Waals surface area contributed by atoms with Crippen molar-refractivity contribution in [1.29, 1.82) is 0 Å². The maximum absolute atomic E-state index is 12.7. The lowest BCUT2D eigenvalue weighted by atomic mass is 9.87. The molecule has 1 aromatic carbocycles. The van der Waals surface area contributed by atoms with Crippen molar-refractivity contribution in [3.8, 4) is 5.75 Å². The zero-order valence-electron chi connectivity index (χ0n) is 22.2. The second kappa shape index (κ2) is 12.4. The fraction of sp³-hybridized carbons (Fsp3) is 0.407. The maximum Gasteiger partial charge on any atom is 0.340 e. The van der Waals surface area contributed by atoms with Crippen LogP contribution in [-0.4, -0.2) is 39.5 Å². The van der Waals surface area contributed by atoms with Gasteiger partial charge in [-0.3, -0.25) is 9.36 Å². The average molecular weight is 543 g/mol. The summed E-state index contributed by atoms with van der Waals surface area (Å²) in [4.78, 5) is 25.8. The van der Waals surface area contributed by atoms with E-state index >= 15 is 0 Å². The van der Waals surface area contributed by atoms with Crippen LogP contribution in [0.15, 0.2) is 48.1 Å². The number of aromatic nitrogens is 3. The molecule has 0 spiro atoms. The molecule has 2 aromatic heterocycles. The fourth-order valence-electron chi connectivity index (χ4n) is 3.56. The molecule has 198 valence electrons. The van der Waals surface area contributed by atoms with E-state index in [1.54, 1.807) is 12.1 Å². The molecule has 3 rings (SSSR count). The van der Waals surface area contributed by atoms with Gasteiger partial charge in [-0.2, -0.15) is 0 Å². The number of rotatable bonds is 11. The van der Waals surface area contributed by atoms with E-state index in [4.69, 9.17) is 9.47 Å². The molecule has 0 saturated heterocycles. The Hall–Kier alpha value is -3.11. The van der Waals surface area contributed by atoms with Crippen LogP contribution in [0, 0.1) is 0 Å². The van der Waals surface area contributed by atoms with Crippen molar-refractivity contribution in [1.82, 2.24) is 14.8 Å². The number of thioether (sulfide) groups is 1. The first kappa shape index (κ1) is 28.5. The Morgan fingerprint density at radius 2 is 1.95 bits per heavy atom. The third kappa shape index (κ3) is 7.23. The minimum absolute atomic E-state index is 0.0648. The first-order chi connectivity index (χ1) is 17.6. The topological polar surface area (TPSA) is 95.3 Å². The molecule has 37 heavy (non-hydrogen) atoms. The number of nitrogens with zero attached hydrogens (tertiary/aromatic N) is 3. The number of esters is 1. The summed E-state index contributed by atoms with van der Waals surface area (Å²) in [5, 5.41) is 12.5. The van der Waals surface area contributed by atoms with E-state index < -0.39 is 5.97 Å². The van der Waals surface area contributed by atoms with E-state index in [0.717, 1.165) is 17.0 Å². The molecule has 2 heterocycles. The monoisotopic (exact) mass is 542 g/mol. The van der Waals surface area contributed by atoms with Gasteiger partial charge in [-0.15, -0.1) is 28.1 Å². The van der Waals surface area contributed by atoms with Gasteiger partial charge in [0.1, 0.15) is 10.8 Å². The SMILES string of the molecule is C=CCn1c(SCC(=O)Nc2sc(CC)cc2C(=O)OC)nnc1C(C)Oc1ccc(C(C)(C)C)cc1. The van der Waals surface area contributed by atoms with E-state index in [9.17, 15) is 9.59 Å². The van der Waals surface area contributed by atoms with Crippen molar-refractivity contribution >= 4 is 40.0 Å². The molecule has 1 amide bonds. The van der Waals surface area contributed by atoms with Gasteiger partial charge in [0.05, 0.1) is 18.4 Å². The zero-order chi connectivity index (χ0) is 27.2. The minimum Gasteiger partial charge on any atom is -0.483 e. The summed E-state index contributed by atoms with van der Waals surface area (Å²) >= 11 is 2.63. The number of carbonyl (C=O) groups is 2. The molecule has 1 atom stereocenters. The summed E-state index contributed by atoms with van der Waals surface area (Å²) in [5.41, 5.74) is 1.66. The molecular formula is C27H34N4O4S2. The maximum atomic E-state index is 12.7. The van der Waals surface area contributed by atoms with Crippen LogP contribution >= 0.6 is 23.1 Å². The summed E-state index contributed by atoms with van der Waals surface area (Å²) < 4.78 is 12.9. The number of amides is 1. The van der Waals surface area contributed by atoms with Crippen molar-refractivity contribution in [3.63, 3.8) is 0 Å². The van der Waals surface area contributed by atoms with Crippen LogP contribution in [0.5, 0.6) is 5.75 Å². The number of methoxy groups -OCH3 is 1. The van der Waals surface area contributed by atoms with E-state index in [-0.39, 0.29) is 23.2 Å². The lowest BCUT2D eigenvalue weighted by Crippen LogP contribution is -2.16. The number of aryl methyl sites for hydroxylation is 1. The number of hydrogen-bond donors (Lipinski definition) is 1. The zero-order valence-corrected chi connectivity index (χ0v) is 23.8. The molecule has 0 aliphatic carbocycles. The summed E-state index contributed by atoms with van der Waals surface area (Å²) in [7, 11) is 1.32. The van der Waals surface area contributed by atoms with Gasteiger partial charge >= 0.3 is 5.97 Å². The Morgan fingerprint density at radius 1 is 1.24 bits per heavy atom. The predicted octanol–water partition coefficient (Wildman–Crippen LogP) is 6.04. The lowest BCUT2D eigenvalue weighted by molar-refractivity contribution is -0.113. The third-order valence-electron chi connectivity index (χ3n) is 5.58. The Labute approximate surface area is 226 Å². The van der Waals surface area contributed by atoms with Crippen LogP contribution in [-0.2, 0) is 27.9 Å². The van der Waals surface area contributed by atoms with Gasteiger partial charge in [-0.1, -0.05) is 57.7 Å². The average Bonchev–Trinajstić information content (AvgIpc) is 3.46. The van der Waals surface area contributed by atoms with Gasteiger partial charge in [0.15, 0.2) is 17.1 Å². The van der Waals surface area contributed by atoms with E-state index in [1.165, 1.54) is 35.8 Å². The summed E-state index contributed by atoms with van der Waals surface area (Å²) in [6.07, 6.45) is 2.15. The van der Waals surface area contributed by atoms with E-state index in [0.29, 0.717) is 28.1 Å². The number of carbonyl (C=O) groups excluding carboxylic acids is 2. The summed E-state index contributed by atoms with van der Waals surface area (Å²) in [6, 6.07) is 9.81. The Balaban J connectivity index is 1.69. The van der Waals surface area contributed by atoms with Crippen LogP contribution in [0.1, 0.15) is 67.3 Å². The Morgan fingerprint density at radius 3 is 2.54 bits per heavy atom. The number of thiophene rings is 1. The Kier molecular flexibility index (Phi) is 9.56. The van der Waals surface area contributed by atoms with E-state index in [1.807, 2.05) is 30.5 Å². The minimum atomic E-state index is -0.476. The Bertz CT molecular complexity index is 1240. The van der Waals surface area contributed by atoms with Crippen molar-refractivity contribution in [2.75, 3.05) is 18.2 Å². The van der Waals surface area contributed by atoms with Crippen molar-refractivity contribution < 1.29 is 19.1 Å². The number of allylic oxidation sites excluding steroid dienone is 1. The fourth-order valence-corrected chi connectivity index (χ4v) is 5.32. The number of hydrogen-bond acceptors (Lipinski definition) is 8. The lowest BCUT2D eigenvalue weighted by Gasteiger charge is -2.20. The molecule has 10 heteroatoms. The molecule has 0 aliphatic heterocycles. The van der Waals surface area contributed by atoms with Crippen LogP contribution < -0.4 is 10.1 Å². The second-order valence-electron chi connectivity index (χ2n) is 9.41. The second-order valence-corrected chi connectivity index (χ2v) is 11.5. The highest BCUT2D eigenvalue weighted by Gasteiger charge is 2.22. The molecule has 3 aromatic rings. The first-order valence-corrected chi connectivity index (χ1v) is 13.8. The number of ether oxygens (including phenoxy) is 2. The predicted molar refractivity (Wildman–Crippen MR) is 149 cm³/mol. The highest BCUT2D eigenvalue weighted by molar-refractivity contribution is 7.99. The van der Waals surface area contributed by atoms with Gasteiger partial charge in [0.2, 0.25) is 5.91 Å². The number of anilines is 1. The smallest absolute Gasteiger partial charge is 0.340 e. The van der Waals surface area contributed by atoms with Gasteiger partial charge in [-0.25, -0.2) is 4.79 Å². The highest BCUT2D eigenvalue weighted by atomic mass is 32.2. The van der Waals surface area contributed by atoms with Gasteiger partial charge in [-0.05, 0) is 42.5 Å². The molecule has 1 N–H and O–H groups in total. The number of nitrogens with one attached hydrogen (secondary N) is 1. The van der Waals surface area contributed by atoms with Crippen molar-refractivity contribution in [2.24, 2.45) is 0 Å². The molecular weight excluding hydrogens is 508 g/mol. The molecule has 0 fully saturated rings. The number of benzene rings is 1. The van der Waals surface area contributed by atoms with Crippen LogP contribution in [0.4, 0.5) is 5.00 Å². The quantitative estimate of drug-likeness (QED) is 0.179. The normalized spacial score (nSPS) is 12.2. The first-order valence-electron chi connectivity index (χ1n) is 12.0. The molecule has 1 unspecified atom stereocenters. The summed E-state index contributed by atoms with van der Waals surface area (Å²) in [6.45, 7) is 14.7.